The number of carbonyl (C=O) groups excluding carboxylic acids is 3. The van der Waals surface area contributed by atoms with E-state index in [9.17, 15) is 14.4 Å². The number of esters is 1. The molecule has 1 aliphatic rings. The van der Waals surface area contributed by atoms with Crippen molar-refractivity contribution in [3.05, 3.63) is 66.2 Å². The fourth-order valence-corrected chi connectivity index (χ4v) is 3.49. The molecule has 3 aromatic rings. The smallest absolute Gasteiger partial charge is 0.338 e. The van der Waals surface area contributed by atoms with E-state index in [1.54, 1.807) is 24.3 Å². The van der Waals surface area contributed by atoms with Crippen molar-refractivity contribution >= 4 is 45.6 Å². The Hall–Kier alpha value is -3.87. The van der Waals surface area contributed by atoms with Crippen LogP contribution < -0.4 is 15.5 Å². The van der Waals surface area contributed by atoms with Crippen LogP contribution in [-0.4, -0.2) is 37.5 Å². The molecule has 0 radical (unpaired) electrons. The van der Waals surface area contributed by atoms with E-state index in [-0.39, 0.29) is 11.5 Å². The lowest BCUT2D eigenvalue weighted by molar-refractivity contribution is -0.123. The van der Waals surface area contributed by atoms with Gasteiger partial charge in [0, 0.05) is 25.7 Å². The van der Waals surface area contributed by atoms with Gasteiger partial charge in [-0.1, -0.05) is 30.3 Å². The van der Waals surface area contributed by atoms with E-state index in [0.29, 0.717) is 24.3 Å². The molecule has 0 bridgehead atoms. The number of anilines is 3. The molecule has 0 saturated carbocycles. The fraction of sp³-hybridized carbons (Fsp3) is 0.208. The third-order valence-electron chi connectivity index (χ3n) is 5.26. The lowest BCUT2D eigenvalue weighted by Gasteiger charge is -2.19. The Labute approximate surface area is 180 Å². The average Bonchev–Trinajstić information content (AvgIpc) is 2.91. The molecule has 1 atom stereocenters. The van der Waals surface area contributed by atoms with Crippen LogP contribution in [0.3, 0.4) is 0 Å². The van der Waals surface area contributed by atoms with Gasteiger partial charge in [0.25, 0.3) is 5.91 Å². The second-order valence-corrected chi connectivity index (χ2v) is 7.55. The van der Waals surface area contributed by atoms with E-state index in [1.165, 1.54) is 6.92 Å². The first-order valence-electron chi connectivity index (χ1n) is 10.1. The van der Waals surface area contributed by atoms with Gasteiger partial charge < -0.3 is 20.3 Å². The van der Waals surface area contributed by atoms with Crippen molar-refractivity contribution in [2.45, 2.75) is 19.4 Å². The Kier molecular flexibility index (Phi) is 5.58. The van der Waals surface area contributed by atoms with E-state index < -0.39 is 18.0 Å². The molecule has 0 spiro atoms. The number of hydrogen-bond acceptors (Lipinski definition) is 5. The molecule has 31 heavy (non-hydrogen) atoms. The average molecular weight is 417 g/mol. The summed E-state index contributed by atoms with van der Waals surface area (Å²) in [6.07, 6.45) is -0.619. The molecule has 0 aliphatic carbocycles. The summed E-state index contributed by atoms with van der Waals surface area (Å²) >= 11 is 0. The second-order valence-electron chi connectivity index (χ2n) is 7.55. The third kappa shape index (κ3) is 4.50. The van der Waals surface area contributed by atoms with Crippen LogP contribution in [0.4, 0.5) is 17.1 Å². The quantitative estimate of drug-likeness (QED) is 0.631. The summed E-state index contributed by atoms with van der Waals surface area (Å²) in [4.78, 5) is 39.0. The number of nitrogens with zero attached hydrogens (tertiary/aromatic N) is 1. The van der Waals surface area contributed by atoms with Gasteiger partial charge in [-0.3, -0.25) is 9.59 Å². The van der Waals surface area contributed by atoms with Crippen LogP contribution in [0.2, 0.25) is 0 Å². The van der Waals surface area contributed by atoms with Crippen LogP contribution in [0.5, 0.6) is 0 Å². The topological polar surface area (TPSA) is 87.7 Å². The first-order chi connectivity index (χ1) is 14.9. The minimum absolute atomic E-state index is 0.112. The molecule has 4 rings (SSSR count). The number of fused-ring (bicyclic) bond motifs is 2. The molecule has 0 aromatic heterocycles. The summed E-state index contributed by atoms with van der Waals surface area (Å²) in [6.45, 7) is 2.11. The zero-order valence-corrected chi connectivity index (χ0v) is 17.3. The van der Waals surface area contributed by atoms with Gasteiger partial charge in [-0.25, -0.2) is 4.79 Å². The molecule has 2 amide bonds. The first-order valence-corrected chi connectivity index (χ1v) is 10.1. The van der Waals surface area contributed by atoms with Crippen molar-refractivity contribution in [2.75, 3.05) is 29.1 Å². The molecule has 1 unspecified atom stereocenters. The lowest BCUT2D eigenvalue weighted by Crippen LogP contribution is -2.30. The summed E-state index contributed by atoms with van der Waals surface area (Å²) in [7, 11) is 1.89. The molecule has 0 saturated heterocycles. The highest BCUT2D eigenvalue weighted by molar-refractivity contribution is 6.01. The number of benzene rings is 3. The summed E-state index contributed by atoms with van der Waals surface area (Å²) in [6, 6.07) is 18.4. The van der Waals surface area contributed by atoms with Gasteiger partial charge in [-0.15, -0.1) is 0 Å². The van der Waals surface area contributed by atoms with E-state index in [1.807, 2.05) is 48.3 Å². The predicted molar refractivity (Wildman–Crippen MR) is 120 cm³/mol. The van der Waals surface area contributed by atoms with Crippen molar-refractivity contribution in [3.8, 4) is 0 Å². The largest absolute Gasteiger partial charge is 0.449 e. The van der Waals surface area contributed by atoms with Crippen molar-refractivity contribution in [1.29, 1.82) is 0 Å². The van der Waals surface area contributed by atoms with Crippen molar-refractivity contribution in [3.63, 3.8) is 0 Å². The van der Waals surface area contributed by atoms with Gasteiger partial charge in [-0.2, -0.15) is 0 Å². The van der Waals surface area contributed by atoms with Crippen LogP contribution in [0.1, 0.15) is 23.7 Å². The summed E-state index contributed by atoms with van der Waals surface area (Å²) in [5, 5.41) is 7.66. The maximum absolute atomic E-state index is 12.6. The number of ether oxygens (including phenoxy) is 1. The Balaban J connectivity index is 1.44. The molecule has 1 aliphatic heterocycles. The SMILES string of the molecule is CC(OC(=O)c1ccc2c(c1)NC(=O)CCN2C)C(=O)Nc1ccc2ccccc2c1. The molecular formula is C24H23N3O4. The lowest BCUT2D eigenvalue weighted by atomic mass is 10.1. The Morgan fingerprint density at radius 1 is 1.06 bits per heavy atom. The monoisotopic (exact) mass is 417 g/mol. The molecule has 0 fully saturated rings. The van der Waals surface area contributed by atoms with Gasteiger partial charge in [0.2, 0.25) is 5.91 Å². The van der Waals surface area contributed by atoms with Crippen LogP contribution in [0, 0.1) is 0 Å². The molecule has 2 N–H and O–H groups in total. The van der Waals surface area contributed by atoms with Crippen LogP contribution in [0.15, 0.2) is 60.7 Å². The second kappa shape index (κ2) is 8.47. The Morgan fingerprint density at radius 3 is 2.65 bits per heavy atom. The molecule has 3 aromatic carbocycles. The first kappa shape index (κ1) is 20.4. The van der Waals surface area contributed by atoms with Crippen LogP contribution in [-0.2, 0) is 14.3 Å². The third-order valence-corrected chi connectivity index (χ3v) is 5.26. The van der Waals surface area contributed by atoms with Gasteiger partial charge >= 0.3 is 5.97 Å². The standard InChI is InChI=1S/C24H23N3O4/c1-15(23(29)25-19-9-7-16-5-3-4-6-17(16)13-19)31-24(30)18-8-10-21-20(14-18)26-22(28)11-12-27(21)2/h3-10,13-15H,11-12H2,1-2H3,(H,25,29)(H,26,28). The number of amides is 2. The zero-order valence-electron chi connectivity index (χ0n) is 17.3. The van der Waals surface area contributed by atoms with E-state index in [2.05, 4.69) is 10.6 Å². The summed E-state index contributed by atoms with van der Waals surface area (Å²) in [5.41, 5.74) is 2.26. The Morgan fingerprint density at radius 2 is 1.84 bits per heavy atom. The molecule has 7 heteroatoms. The summed E-state index contributed by atoms with van der Waals surface area (Å²) < 4.78 is 5.36. The fourth-order valence-electron chi connectivity index (χ4n) is 3.49. The van der Waals surface area contributed by atoms with Gasteiger partial charge in [-0.05, 0) is 48.0 Å². The molecule has 1 heterocycles. The molecule has 7 nitrogen and oxygen atoms in total. The number of carbonyl (C=O) groups is 3. The van der Waals surface area contributed by atoms with Gasteiger partial charge in [0.05, 0.1) is 16.9 Å². The highest BCUT2D eigenvalue weighted by Gasteiger charge is 2.22. The van der Waals surface area contributed by atoms with Crippen molar-refractivity contribution in [1.82, 2.24) is 0 Å². The van der Waals surface area contributed by atoms with Crippen LogP contribution in [0.25, 0.3) is 10.8 Å². The zero-order chi connectivity index (χ0) is 22.0. The minimum atomic E-state index is -0.991. The van der Waals surface area contributed by atoms with Crippen molar-refractivity contribution < 1.29 is 19.1 Å². The van der Waals surface area contributed by atoms with Crippen LogP contribution >= 0.6 is 0 Å². The van der Waals surface area contributed by atoms with Crippen molar-refractivity contribution in [2.24, 2.45) is 0 Å². The number of rotatable bonds is 4. The molecular weight excluding hydrogens is 394 g/mol. The van der Waals surface area contributed by atoms with E-state index in [0.717, 1.165) is 16.5 Å². The Bertz CT molecular complexity index is 1170. The number of nitrogens with one attached hydrogen (secondary N) is 2. The number of hydrogen-bond donors (Lipinski definition) is 2. The minimum Gasteiger partial charge on any atom is -0.449 e. The van der Waals surface area contributed by atoms with Gasteiger partial charge in [0.15, 0.2) is 6.10 Å². The highest BCUT2D eigenvalue weighted by atomic mass is 16.5. The maximum Gasteiger partial charge on any atom is 0.338 e. The maximum atomic E-state index is 12.6. The normalized spacial score (nSPS) is 14.3. The predicted octanol–water partition coefficient (Wildman–Crippen LogP) is 3.80. The molecule has 158 valence electrons. The van der Waals surface area contributed by atoms with E-state index >= 15 is 0 Å². The van der Waals surface area contributed by atoms with Gasteiger partial charge in [0.1, 0.15) is 0 Å². The summed E-state index contributed by atoms with van der Waals surface area (Å²) in [5.74, 6) is -1.17. The highest BCUT2D eigenvalue weighted by Crippen LogP contribution is 2.29. The van der Waals surface area contributed by atoms with E-state index in [4.69, 9.17) is 4.74 Å².